The van der Waals surface area contributed by atoms with E-state index in [1.165, 1.54) is 0 Å². The van der Waals surface area contributed by atoms with Crippen molar-refractivity contribution < 1.29 is 18.0 Å². The highest BCUT2D eigenvalue weighted by Crippen LogP contribution is 2.37. The highest BCUT2D eigenvalue weighted by Gasteiger charge is 2.41. The first kappa shape index (κ1) is 35.8. The van der Waals surface area contributed by atoms with Crippen LogP contribution in [0.15, 0.2) is 59.5 Å². The normalized spacial score (nSPS) is 19.6. The van der Waals surface area contributed by atoms with Crippen molar-refractivity contribution in [2.45, 2.75) is 103 Å². The molecule has 4 rings (SSSR count). The molecule has 2 aliphatic rings. The molecular weight excluding hydrogens is 570 g/mol. The predicted octanol–water partition coefficient (Wildman–Crippen LogP) is 6.58. The zero-order valence-electron chi connectivity index (χ0n) is 28.5. The van der Waals surface area contributed by atoms with E-state index in [4.69, 9.17) is 0 Å². The molecule has 0 N–H and O–H groups in total. The number of benzene rings is 2. The summed E-state index contributed by atoms with van der Waals surface area (Å²) in [6, 6.07) is 17.7. The van der Waals surface area contributed by atoms with Gasteiger partial charge in [0.2, 0.25) is 11.8 Å². The Balaban J connectivity index is 0.00000259. The van der Waals surface area contributed by atoms with Gasteiger partial charge in [-0.2, -0.15) is 0 Å². The summed E-state index contributed by atoms with van der Waals surface area (Å²) in [5.41, 5.74) is 2.06. The molecule has 2 heterocycles. The third kappa shape index (κ3) is 8.30. The van der Waals surface area contributed by atoms with Crippen LogP contribution in [0.2, 0.25) is 0 Å². The zero-order valence-corrected chi connectivity index (χ0v) is 29.3. The van der Waals surface area contributed by atoms with Crippen LogP contribution in [-0.4, -0.2) is 78.4 Å². The number of carbonyl (C=O) groups excluding carboxylic acids is 2. The quantitative estimate of drug-likeness (QED) is 0.362. The molecule has 2 saturated heterocycles. The molecule has 0 bridgehead atoms. The number of hydrogen-bond donors (Lipinski definition) is 0. The van der Waals surface area contributed by atoms with Crippen molar-refractivity contribution in [1.29, 1.82) is 0 Å². The number of hydrogen-bond acceptors (Lipinski definition) is 5. The minimum Gasteiger partial charge on any atom is -0.343 e. The Hall–Kier alpha value is -2.71. The number of piperidine rings is 1. The molecule has 0 radical (unpaired) electrons. The number of piperazine rings is 1. The Kier molecular flexibility index (Phi) is 11.9. The van der Waals surface area contributed by atoms with Crippen molar-refractivity contribution in [2.75, 3.05) is 32.7 Å². The molecule has 2 atom stereocenters. The van der Waals surface area contributed by atoms with Gasteiger partial charge in [0.15, 0.2) is 9.84 Å². The van der Waals surface area contributed by atoms with Crippen molar-refractivity contribution in [3.8, 4) is 0 Å². The van der Waals surface area contributed by atoms with Crippen LogP contribution in [0.25, 0.3) is 0 Å². The Labute approximate surface area is 266 Å². The van der Waals surface area contributed by atoms with Crippen molar-refractivity contribution in [2.24, 2.45) is 11.3 Å². The predicted molar refractivity (Wildman–Crippen MR) is 179 cm³/mol. The maximum Gasteiger partial charge on any atom is 0.223 e. The summed E-state index contributed by atoms with van der Waals surface area (Å²) in [4.78, 5) is 32.3. The molecule has 44 heavy (non-hydrogen) atoms. The molecular formula is C36H55N3O4S. The Morgan fingerprint density at radius 2 is 1.36 bits per heavy atom. The average molecular weight is 626 g/mol. The molecule has 0 aliphatic carbocycles. The van der Waals surface area contributed by atoms with E-state index in [1.54, 1.807) is 39.8 Å². The van der Waals surface area contributed by atoms with Gasteiger partial charge in [0, 0.05) is 52.1 Å². The molecule has 2 aromatic carbocycles. The fourth-order valence-electron chi connectivity index (χ4n) is 6.33. The molecule has 7 nitrogen and oxygen atoms in total. The molecule has 8 heteroatoms. The van der Waals surface area contributed by atoms with E-state index in [1.807, 2.05) is 49.1 Å². The number of carbonyl (C=O) groups is 2. The van der Waals surface area contributed by atoms with Gasteiger partial charge in [-0.25, -0.2) is 8.42 Å². The van der Waals surface area contributed by atoms with Crippen LogP contribution in [0.4, 0.5) is 0 Å². The molecule has 2 aliphatic heterocycles. The van der Waals surface area contributed by atoms with Gasteiger partial charge in [0.05, 0.1) is 15.7 Å². The Morgan fingerprint density at radius 1 is 0.818 bits per heavy atom. The summed E-state index contributed by atoms with van der Waals surface area (Å²) in [5.74, 6) is 0.637. The second-order valence-corrected chi connectivity index (χ2v) is 16.8. The average Bonchev–Trinajstić information content (AvgIpc) is 2.98. The van der Waals surface area contributed by atoms with Crippen LogP contribution in [0.3, 0.4) is 0 Å². The SMILES string of the molecule is CC.CC(=O)N1CCC(CC(=O)N2CCN(C(c3ccccc3)c3ccc(S(=O)(=O)C(C)(C)C)cc3)CC2C(C)(C)C)CC1. The number of amides is 2. The monoisotopic (exact) mass is 625 g/mol. The van der Waals surface area contributed by atoms with Gasteiger partial charge >= 0.3 is 0 Å². The van der Waals surface area contributed by atoms with Crippen LogP contribution < -0.4 is 0 Å². The number of nitrogens with zero attached hydrogens (tertiary/aromatic N) is 3. The topological polar surface area (TPSA) is 78.0 Å². The summed E-state index contributed by atoms with van der Waals surface area (Å²) in [6.07, 6.45) is 2.29. The van der Waals surface area contributed by atoms with E-state index in [-0.39, 0.29) is 29.3 Å². The summed E-state index contributed by atoms with van der Waals surface area (Å²) in [5, 5.41) is 0. The first-order valence-electron chi connectivity index (χ1n) is 16.3. The lowest BCUT2D eigenvalue weighted by atomic mass is 9.82. The van der Waals surface area contributed by atoms with E-state index >= 15 is 0 Å². The lowest BCUT2D eigenvalue weighted by molar-refractivity contribution is -0.141. The molecule has 2 unspecified atom stereocenters. The molecule has 0 aromatic heterocycles. The second kappa shape index (κ2) is 14.6. The van der Waals surface area contributed by atoms with E-state index < -0.39 is 14.6 Å². The molecule has 2 fully saturated rings. The highest BCUT2D eigenvalue weighted by atomic mass is 32.2. The van der Waals surface area contributed by atoms with Crippen LogP contribution in [0, 0.1) is 11.3 Å². The van der Waals surface area contributed by atoms with Crippen LogP contribution in [-0.2, 0) is 19.4 Å². The Morgan fingerprint density at radius 3 is 1.86 bits per heavy atom. The molecule has 0 saturated carbocycles. The van der Waals surface area contributed by atoms with Crippen LogP contribution >= 0.6 is 0 Å². The second-order valence-electron chi connectivity index (χ2n) is 14.1. The molecule has 244 valence electrons. The minimum absolute atomic E-state index is 0.0304. The van der Waals surface area contributed by atoms with Gasteiger partial charge in [-0.05, 0) is 68.2 Å². The standard InChI is InChI=1S/C34H49N3O4S.C2H6/c1-25(38)35-19-17-26(18-20-35)23-31(39)37-22-21-36(24-30(37)33(2,3)4)32(27-11-9-8-10-12-27)28-13-15-29(16-14-28)42(40,41)34(5,6)7;1-2/h8-16,26,30,32H,17-24H2,1-7H3;1-2H3. The smallest absolute Gasteiger partial charge is 0.223 e. The van der Waals surface area contributed by atoms with Gasteiger partial charge in [0.1, 0.15) is 0 Å². The van der Waals surface area contributed by atoms with Gasteiger partial charge in [-0.15, -0.1) is 0 Å². The van der Waals surface area contributed by atoms with Gasteiger partial charge in [0.25, 0.3) is 0 Å². The fraction of sp³-hybridized carbons (Fsp3) is 0.611. The lowest BCUT2D eigenvalue weighted by Gasteiger charge is -2.50. The minimum atomic E-state index is -3.45. The number of rotatable bonds is 6. The van der Waals surface area contributed by atoms with E-state index in [2.05, 4.69) is 42.7 Å². The summed E-state index contributed by atoms with van der Waals surface area (Å²) in [7, 11) is -3.45. The third-order valence-electron chi connectivity index (χ3n) is 9.05. The number of sulfone groups is 1. The maximum atomic E-state index is 13.7. The largest absolute Gasteiger partial charge is 0.343 e. The molecule has 2 aromatic rings. The van der Waals surface area contributed by atoms with Crippen molar-refractivity contribution in [3.05, 3.63) is 65.7 Å². The van der Waals surface area contributed by atoms with Crippen molar-refractivity contribution >= 4 is 21.7 Å². The zero-order chi connectivity index (χ0) is 32.9. The summed E-state index contributed by atoms with van der Waals surface area (Å²) in [6.45, 7) is 21.0. The van der Waals surface area contributed by atoms with Gasteiger partial charge in [-0.1, -0.05) is 77.1 Å². The molecule has 0 spiro atoms. The van der Waals surface area contributed by atoms with Gasteiger partial charge in [-0.3, -0.25) is 14.5 Å². The summed E-state index contributed by atoms with van der Waals surface area (Å²) < 4.78 is 25.3. The van der Waals surface area contributed by atoms with Crippen LogP contribution in [0.5, 0.6) is 0 Å². The van der Waals surface area contributed by atoms with E-state index in [0.29, 0.717) is 23.8 Å². The highest BCUT2D eigenvalue weighted by molar-refractivity contribution is 7.92. The third-order valence-corrected chi connectivity index (χ3v) is 11.6. The van der Waals surface area contributed by atoms with Gasteiger partial charge < -0.3 is 9.80 Å². The fourth-order valence-corrected chi connectivity index (χ4v) is 7.53. The van der Waals surface area contributed by atoms with E-state index in [9.17, 15) is 18.0 Å². The Bertz CT molecular complexity index is 1340. The van der Waals surface area contributed by atoms with Crippen molar-refractivity contribution in [1.82, 2.24) is 14.7 Å². The first-order valence-corrected chi connectivity index (χ1v) is 17.8. The van der Waals surface area contributed by atoms with Crippen molar-refractivity contribution in [3.63, 3.8) is 0 Å². The summed E-state index contributed by atoms with van der Waals surface area (Å²) >= 11 is 0. The van der Waals surface area contributed by atoms with E-state index in [0.717, 1.165) is 50.1 Å². The lowest BCUT2D eigenvalue weighted by Crippen LogP contribution is -2.60. The maximum absolute atomic E-state index is 13.7. The van der Waals surface area contributed by atoms with Crippen LogP contribution in [0.1, 0.15) is 98.7 Å². The number of likely N-dealkylation sites (tertiary alicyclic amines) is 1. The molecule has 2 amide bonds. The first-order chi connectivity index (χ1) is 20.6.